The van der Waals surface area contributed by atoms with Crippen LogP contribution >= 0.6 is 11.3 Å². The Balaban J connectivity index is 1.61. The number of sulfone groups is 1. The first-order valence-corrected chi connectivity index (χ1v) is 12.2. The second kappa shape index (κ2) is 7.75. The van der Waals surface area contributed by atoms with Gasteiger partial charge >= 0.3 is 0 Å². The van der Waals surface area contributed by atoms with Gasteiger partial charge in [-0.15, -0.1) is 16.4 Å². The average molecular weight is 450 g/mol. The Morgan fingerprint density at radius 3 is 2.52 bits per heavy atom. The molecule has 1 N–H and O–H groups in total. The van der Waals surface area contributed by atoms with Crippen LogP contribution in [0.3, 0.4) is 0 Å². The molecule has 156 valence electrons. The molecule has 0 unspecified atom stereocenters. The molecule has 0 bridgehead atoms. The van der Waals surface area contributed by atoms with Crippen LogP contribution in [0.5, 0.6) is 0 Å². The van der Waals surface area contributed by atoms with E-state index in [1.165, 1.54) is 15.9 Å². The molecule has 7 nitrogen and oxygen atoms in total. The summed E-state index contributed by atoms with van der Waals surface area (Å²) in [5.41, 5.74) is 3.14. The van der Waals surface area contributed by atoms with Gasteiger partial charge in [-0.3, -0.25) is 0 Å². The van der Waals surface area contributed by atoms with E-state index in [-0.39, 0.29) is 15.6 Å². The molecule has 3 aromatic heterocycles. The number of aryl methyl sites for hydroxylation is 1. The second-order valence-electron chi connectivity index (χ2n) is 7.07. The fourth-order valence-electron chi connectivity index (χ4n) is 3.41. The maximum Gasteiger partial charge on any atom is 0.229 e. The molecule has 0 amide bonds. The Morgan fingerprint density at radius 2 is 1.77 bits per heavy atom. The maximum absolute atomic E-state index is 13.3. The highest BCUT2D eigenvalue weighted by Crippen LogP contribution is 2.31. The number of hydrogen-bond acceptors (Lipinski definition) is 7. The number of nitrogens with one attached hydrogen (secondary N) is 1. The maximum atomic E-state index is 13.3. The fraction of sp³-hybridized carbons (Fsp3) is 0.136. The Kier molecular flexibility index (Phi) is 4.91. The minimum atomic E-state index is -3.86. The van der Waals surface area contributed by atoms with Crippen LogP contribution in [0.2, 0.25) is 0 Å². The van der Waals surface area contributed by atoms with Gasteiger partial charge in [0, 0.05) is 6.54 Å². The number of aromatic nitrogens is 4. The summed E-state index contributed by atoms with van der Waals surface area (Å²) in [7, 11) is -3.86. The summed E-state index contributed by atoms with van der Waals surface area (Å²) in [6.07, 6.45) is 0.837. The van der Waals surface area contributed by atoms with Gasteiger partial charge in [-0.25, -0.2) is 13.4 Å². The Labute approximate surface area is 183 Å². The summed E-state index contributed by atoms with van der Waals surface area (Å²) in [4.78, 5) is 4.81. The van der Waals surface area contributed by atoms with Crippen LogP contribution in [0, 0.1) is 0 Å². The number of rotatable bonds is 6. The molecule has 5 rings (SSSR count). The fourth-order valence-corrected chi connectivity index (χ4v) is 5.49. The van der Waals surface area contributed by atoms with Crippen LogP contribution in [-0.4, -0.2) is 28.2 Å². The van der Waals surface area contributed by atoms with E-state index in [9.17, 15) is 8.42 Å². The first-order valence-electron chi connectivity index (χ1n) is 9.82. The van der Waals surface area contributed by atoms with Gasteiger partial charge in [0.1, 0.15) is 5.82 Å². The molecule has 0 spiro atoms. The SMILES string of the molecule is CCc1ccc(S(=O)(=O)c2nnn3c2nc(NCc2ccccc2)c2sccc23)cc1. The average Bonchev–Trinajstić information content (AvgIpc) is 3.45. The number of hydrogen-bond donors (Lipinski definition) is 1. The zero-order chi connectivity index (χ0) is 21.4. The molecule has 0 fully saturated rings. The van der Waals surface area contributed by atoms with Gasteiger partial charge in [0.15, 0.2) is 5.65 Å². The van der Waals surface area contributed by atoms with Gasteiger partial charge in [0.25, 0.3) is 0 Å². The van der Waals surface area contributed by atoms with Crippen molar-refractivity contribution in [2.45, 2.75) is 29.8 Å². The molecule has 0 saturated heterocycles. The molecule has 0 aliphatic rings. The van der Waals surface area contributed by atoms with Crippen molar-refractivity contribution in [1.82, 2.24) is 19.8 Å². The van der Waals surface area contributed by atoms with E-state index in [1.54, 1.807) is 12.1 Å². The summed E-state index contributed by atoms with van der Waals surface area (Å²) < 4.78 is 29.0. The van der Waals surface area contributed by atoms with Crippen molar-refractivity contribution >= 4 is 42.9 Å². The molecular formula is C22H19N5O2S2. The number of fused-ring (bicyclic) bond motifs is 3. The van der Waals surface area contributed by atoms with Crippen LogP contribution in [0.1, 0.15) is 18.1 Å². The second-order valence-corrected chi connectivity index (χ2v) is 9.85. The summed E-state index contributed by atoms with van der Waals surface area (Å²) in [6.45, 7) is 2.59. The summed E-state index contributed by atoms with van der Waals surface area (Å²) >= 11 is 1.52. The van der Waals surface area contributed by atoms with Crippen LogP contribution in [0.4, 0.5) is 5.82 Å². The topological polar surface area (TPSA) is 89.2 Å². The van der Waals surface area contributed by atoms with Crippen molar-refractivity contribution in [1.29, 1.82) is 0 Å². The molecule has 3 heterocycles. The summed E-state index contributed by atoms with van der Waals surface area (Å²) in [5.74, 6) is 0.612. The first-order chi connectivity index (χ1) is 15.1. The highest BCUT2D eigenvalue weighted by molar-refractivity contribution is 7.91. The lowest BCUT2D eigenvalue weighted by molar-refractivity contribution is 0.592. The summed E-state index contributed by atoms with van der Waals surface area (Å²) in [5, 5.41) is 13.2. The minimum Gasteiger partial charge on any atom is -0.365 e. The van der Waals surface area contributed by atoms with E-state index >= 15 is 0 Å². The molecule has 0 saturated carbocycles. The zero-order valence-electron chi connectivity index (χ0n) is 16.7. The Bertz CT molecular complexity index is 1470. The third kappa shape index (κ3) is 3.45. The molecule has 0 aliphatic heterocycles. The smallest absolute Gasteiger partial charge is 0.229 e. The van der Waals surface area contributed by atoms with E-state index in [2.05, 4.69) is 20.6 Å². The van der Waals surface area contributed by atoms with Crippen LogP contribution in [-0.2, 0) is 22.8 Å². The van der Waals surface area contributed by atoms with Gasteiger partial charge in [-0.05, 0) is 41.1 Å². The third-order valence-electron chi connectivity index (χ3n) is 5.12. The van der Waals surface area contributed by atoms with Gasteiger partial charge in [0.05, 0.1) is 15.1 Å². The largest absolute Gasteiger partial charge is 0.365 e. The molecule has 5 aromatic rings. The Morgan fingerprint density at radius 1 is 1.00 bits per heavy atom. The number of benzene rings is 2. The van der Waals surface area contributed by atoms with Gasteiger partial charge in [0.2, 0.25) is 14.9 Å². The predicted molar refractivity (Wildman–Crippen MR) is 121 cm³/mol. The van der Waals surface area contributed by atoms with Crippen LogP contribution < -0.4 is 5.32 Å². The van der Waals surface area contributed by atoms with Crippen LogP contribution in [0.25, 0.3) is 15.9 Å². The van der Waals surface area contributed by atoms with Crippen molar-refractivity contribution in [2.24, 2.45) is 0 Å². The molecule has 31 heavy (non-hydrogen) atoms. The van der Waals surface area contributed by atoms with Gasteiger partial charge in [-0.1, -0.05) is 54.6 Å². The van der Waals surface area contributed by atoms with Crippen molar-refractivity contribution in [2.75, 3.05) is 5.32 Å². The van der Waals surface area contributed by atoms with E-state index in [0.29, 0.717) is 12.4 Å². The molecule has 0 radical (unpaired) electrons. The quantitative estimate of drug-likeness (QED) is 0.415. The molecule has 9 heteroatoms. The lowest BCUT2D eigenvalue weighted by Gasteiger charge is -2.08. The number of thiophene rings is 1. The predicted octanol–water partition coefficient (Wildman–Crippen LogP) is 4.35. The monoisotopic (exact) mass is 449 g/mol. The van der Waals surface area contributed by atoms with Crippen molar-refractivity contribution in [3.8, 4) is 0 Å². The Hall–Kier alpha value is -3.30. The molecule has 0 atom stereocenters. The van der Waals surface area contributed by atoms with Crippen molar-refractivity contribution < 1.29 is 8.42 Å². The van der Waals surface area contributed by atoms with E-state index < -0.39 is 9.84 Å². The van der Waals surface area contributed by atoms with Gasteiger partial charge in [-0.2, -0.15) is 4.52 Å². The van der Waals surface area contributed by atoms with Crippen molar-refractivity contribution in [3.63, 3.8) is 0 Å². The number of anilines is 1. The van der Waals surface area contributed by atoms with Crippen molar-refractivity contribution in [3.05, 3.63) is 77.2 Å². The zero-order valence-corrected chi connectivity index (χ0v) is 18.3. The molecular weight excluding hydrogens is 430 g/mol. The van der Waals surface area contributed by atoms with E-state index in [0.717, 1.165) is 27.8 Å². The first kappa shape index (κ1) is 19.7. The van der Waals surface area contributed by atoms with Crippen LogP contribution in [0.15, 0.2) is 76.0 Å². The number of nitrogens with zero attached hydrogens (tertiary/aromatic N) is 4. The highest BCUT2D eigenvalue weighted by Gasteiger charge is 2.27. The summed E-state index contributed by atoms with van der Waals surface area (Å²) in [6, 6.07) is 18.7. The minimum absolute atomic E-state index is 0.146. The normalized spacial score (nSPS) is 11.9. The van der Waals surface area contributed by atoms with Gasteiger partial charge < -0.3 is 5.32 Å². The highest BCUT2D eigenvalue weighted by atomic mass is 32.2. The lowest BCUT2D eigenvalue weighted by Crippen LogP contribution is -2.06. The lowest BCUT2D eigenvalue weighted by atomic mass is 10.2. The molecule has 2 aromatic carbocycles. The third-order valence-corrected chi connectivity index (χ3v) is 7.70. The van der Waals surface area contributed by atoms with E-state index in [4.69, 9.17) is 0 Å². The van der Waals surface area contributed by atoms with E-state index in [1.807, 2.05) is 60.8 Å². The standard InChI is InChI=1S/C22H19N5O2S2/c1-2-15-8-10-17(11-9-15)31(28,29)22-21-24-20(23-14-16-6-4-3-5-7-16)19-18(12-13-30-19)27(21)26-25-22/h3-13H,2,14H2,1H3,(H,23,24). The molecule has 0 aliphatic carbocycles.